The Morgan fingerprint density at radius 1 is 0.912 bits per heavy atom. The van der Waals surface area contributed by atoms with Gasteiger partial charge in [-0.05, 0) is 60.7 Å². The molecule has 7 heteroatoms. The van der Waals surface area contributed by atoms with Crippen LogP contribution in [0.4, 0.5) is 16.2 Å². The number of carbonyl (C=O) groups is 2. The van der Waals surface area contributed by atoms with Crippen LogP contribution in [0, 0.1) is 5.92 Å². The fraction of sp³-hybridized carbons (Fsp3) is 0.259. The summed E-state index contributed by atoms with van der Waals surface area (Å²) in [5.74, 6) is -0.887. The van der Waals surface area contributed by atoms with Crippen molar-refractivity contribution in [2.45, 2.75) is 25.4 Å². The van der Waals surface area contributed by atoms with Gasteiger partial charge in [0.05, 0.1) is 24.1 Å². The maximum Gasteiger partial charge on any atom is 0.418 e. The van der Waals surface area contributed by atoms with E-state index < -0.39 is 24.8 Å². The minimum atomic E-state index is -1.06. The number of aliphatic carboxylic acids is 1. The lowest BCUT2D eigenvalue weighted by Gasteiger charge is -2.26. The monoisotopic (exact) mass is 461 g/mol. The van der Waals surface area contributed by atoms with Gasteiger partial charge in [-0.3, -0.25) is 0 Å². The second kappa shape index (κ2) is 10.9. The van der Waals surface area contributed by atoms with Gasteiger partial charge in [0, 0.05) is 5.92 Å². The number of carboxylic acid groups (broad SMARTS) is 1. The van der Waals surface area contributed by atoms with Crippen LogP contribution >= 0.6 is 0 Å². The van der Waals surface area contributed by atoms with E-state index in [9.17, 15) is 14.7 Å². The molecule has 3 aromatic carbocycles. The molecular weight excluding hydrogens is 434 g/mol. The van der Waals surface area contributed by atoms with Crippen LogP contribution in [0.15, 0.2) is 78.9 Å². The molecule has 1 aliphatic carbocycles. The van der Waals surface area contributed by atoms with E-state index in [2.05, 4.69) is 0 Å². The fourth-order valence-corrected chi connectivity index (χ4v) is 4.29. The molecule has 2 atom stereocenters. The van der Waals surface area contributed by atoms with Crippen LogP contribution < -0.4 is 9.64 Å². The van der Waals surface area contributed by atoms with Gasteiger partial charge in [-0.25, -0.2) is 14.5 Å². The molecule has 176 valence electrons. The number of carbonyl (C=O) groups excluding carboxylic acids is 1. The summed E-state index contributed by atoms with van der Waals surface area (Å²) in [5, 5.41) is 20.0. The summed E-state index contributed by atoms with van der Waals surface area (Å²) in [6.45, 7) is -0.391. The molecule has 0 saturated heterocycles. The topological polar surface area (TPSA) is 96.3 Å². The van der Waals surface area contributed by atoms with Crippen molar-refractivity contribution >= 4 is 23.4 Å². The molecule has 4 rings (SSSR count). The first-order valence-electron chi connectivity index (χ1n) is 11.3. The van der Waals surface area contributed by atoms with Gasteiger partial charge >= 0.3 is 12.1 Å². The number of amides is 1. The van der Waals surface area contributed by atoms with E-state index in [0.29, 0.717) is 35.5 Å². The SMILES string of the molecule is O=C(O)COc1cccc2c1CCCC(COC(=O)N(c1ccccc1)c1ccccc1)C2O. The lowest BCUT2D eigenvalue weighted by Crippen LogP contribution is -2.29. The molecule has 0 aromatic heterocycles. The largest absolute Gasteiger partial charge is 0.482 e. The second-order valence-electron chi connectivity index (χ2n) is 8.19. The summed E-state index contributed by atoms with van der Waals surface area (Å²) in [6, 6.07) is 23.8. The van der Waals surface area contributed by atoms with Crippen molar-refractivity contribution in [1.82, 2.24) is 0 Å². The van der Waals surface area contributed by atoms with Crippen LogP contribution in [0.5, 0.6) is 5.75 Å². The van der Waals surface area contributed by atoms with E-state index in [0.717, 1.165) is 12.0 Å². The number of aliphatic hydroxyl groups is 1. The molecule has 0 saturated carbocycles. The second-order valence-corrected chi connectivity index (χ2v) is 8.19. The first-order chi connectivity index (χ1) is 16.5. The summed E-state index contributed by atoms with van der Waals surface area (Å²) in [4.78, 5) is 25.6. The quantitative estimate of drug-likeness (QED) is 0.475. The first-order valence-corrected chi connectivity index (χ1v) is 11.3. The van der Waals surface area contributed by atoms with Gasteiger partial charge in [-0.2, -0.15) is 0 Å². The number of benzene rings is 3. The molecule has 0 fully saturated rings. The molecule has 0 heterocycles. The van der Waals surface area contributed by atoms with E-state index in [1.54, 1.807) is 12.1 Å². The first kappa shape index (κ1) is 23.3. The molecule has 2 N–H and O–H groups in total. The molecule has 1 aliphatic rings. The number of hydrogen-bond donors (Lipinski definition) is 2. The molecule has 0 aliphatic heterocycles. The number of para-hydroxylation sites is 2. The highest BCUT2D eigenvalue weighted by Crippen LogP contribution is 2.38. The predicted molar refractivity (Wildman–Crippen MR) is 127 cm³/mol. The van der Waals surface area contributed by atoms with E-state index >= 15 is 0 Å². The molecule has 2 unspecified atom stereocenters. The van der Waals surface area contributed by atoms with Gasteiger partial charge in [-0.1, -0.05) is 48.5 Å². The third-order valence-corrected chi connectivity index (χ3v) is 5.92. The van der Waals surface area contributed by atoms with Gasteiger partial charge < -0.3 is 19.7 Å². The minimum absolute atomic E-state index is 0.0514. The Hall–Kier alpha value is -3.84. The number of fused-ring (bicyclic) bond motifs is 1. The van der Waals surface area contributed by atoms with Gasteiger partial charge in [0.1, 0.15) is 5.75 Å². The number of ether oxygens (including phenoxy) is 2. The van der Waals surface area contributed by atoms with E-state index in [4.69, 9.17) is 14.6 Å². The lowest BCUT2D eigenvalue weighted by atomic mass is 9.93. The van der Waals surface area contributed by atoms with Crippen LogP contribution in [-0.2, 0) is 16.0 Å². The molecule has 34 heavy (non-hydrogen) atoms. The van der Waals surface area contributed by atoms with Crippen molar-refractivity contribution in [2.75, 3.05) is 18.1 Å². The maximum atomic E-state index is 13.2. The van der Waals surface area contributed by atoms with Crippen molar-refractivity contribution in [1.29, 1.82) is 0 Å². The number of nitrogens with zero attached hydrogens (tertiary/aromatic N) is 1. The average Bonchev–Trinajstić information content (AvgIpc) is 3.02. The Bertz CT molecular complexity index is 1080. The predicted octanol–water partition coefficient (Wildman–Crippen LogP) is 5.11. The van der Waals surface area contributed by atoms with Crippen molar-refractivity contribution < 1.29 is 29.3 Å². The smallest absolute Gasteiger partial charge is 0.418 e. The van der Waals surface area contributed by atoms with Gasteiger partial charge in [0.2, 0.25) is 0 Å². The lowest BCUT2D eigenvalue weighted by molar-refractivity contribution is -0.139. The molecular formula is C27H27NO6. The summed E-state index contributed by atoms with van der Waals surface area (Å²) in [7, 11) is 0. The fourth-order valence-electron chi connectivity index (χ4n) is 4.29. The van der Waals surface area contributed by atoms with Crippen molar-refractivity contribution in [3.8, 4) is 5.75 Å². The van der Waals surface area contributed by atoms with Crippen molar-refractivity contribution in [2.24, 2.45) is 5.92 Å². The van der Waals surface area contributed by atoms with Crippen LogP contribution in [0.3, 0.4) is 0 Å². The standard InChI is InChI=1S/C27H27NO6/c29-25(30)18-33-24-16-8-15-23-22(24)14-7-9-19(26(23)31)17-34-27(32)28(20-10-3-1-4-11-20)21-12-5-2-6-13-21/h1-6,8,10-13,15-16,19,26,31H,7,9,14,17-18H2,(H,29,30). The molecule has 0 spiro atoms. The van der Waals surface area contributed by atoms with E-state index in [1.807, 2.05) is 66.7 Å². The van der Waals surface area contributed by atoms with Crippen molar-refractivity contribution in [3.63, 3.8) is 0 Å². The Balaban J connectivity index is 1.50. The Morgan fingerprint density at radius 2 is 1.56 bits per heavy atom. The minimum Gasteiger partial charge on any atom is -0.482 e. The van der Waals surface area contributed by atoms with Crippen LogP contribution in [0.1, 0.15) is 30.1 Å². The zero-order valence-electron chi connectivity index (χ0n) is 18.7. The molecule has 0 radical (unpaired) electrons. The molecule has 0 bridgehead atoms. The van der Waals surface area contributed by atoms with Crippen LogP contribution in [0.25, 0.3) is 0 Å². The Morgan fingerprint density at radius 3 is 2.18 bits per heavy atom. The van der Waals surface area contributed by atoms with Gasteiger partial charge in [0.15, 0.2) is 6.61 Å². The molecule has 1 amide bonds. The van der Waals surface area contributed by atoms with E-state index in [1.165, 1.54) is 4.90 Å². The average molecular weight is 462 g/mol. The summed E-state index contributed by atoms with van der Waals surface area (Å²) >= 11 is 0. The third-order valence-electron chi connectivity index (χ3n) is 5.92. The molecule has 3 aromatic rings. The van der Waals surface area contributed by atoms with Crippen molar-refractivity contribution in [3.05, 3.63) is 90.0 Å². The normalized spacial score (nSPS) is 17.2. The summed E-state index contributed by atoms with van der Waals surface area (Å²) in [5.41, 5.74) is 2.86. The zero-order chi connectivity index (χ0) is 23.9. The number of rotatable bonds is 7. The third kappa shape index (κ3) is 5.38. The van der Waals surface area contributed by atoms with Crippen LogP contribution in [-0.4, -0.2) is 35.5 Å². The highest BCUT2D eigenvalue weighted by atomic mass is 16.6. The molecule has 7 nitrogen and oxygen atoms in total. The number of carboxylic acids is 1. The summed E-state index contributed by atoms with van der Waals surface area (Å²) in [6.07, 6.45) is 0.666. The maximum absolute atomic E-state index is 13.2. The van der Waals surface area contributed by atoms with Gasteiger partial charge in [0.25, 0.3) is 0 Å². The number of aliphatic hydroxyl groups excluding tert-OH is 1. The van der Waals surface area contributed by atoms with Crippen LogP contribution in [0.2, 0.25) is 0 Å². The number of hydrogen-bond acceptors (Lipinski definition) is 5. The van der Waals surface area contributed by atoms with Gasteiger partial charge in [-0.15, -0.1) is 0 Å². The number of anilines is 2. The summed E-state index contributed by atoms with van der Waals surface area (Å²) < 4.78 is 11.2. The Labute approximate surface area is 198 Å². The zero-order valence-corrected chi connectivity index (χ0v) is 18.7. The highest BCUT2D eigenvalue weighted by Gasteiger charge is 2.30. The Kier molecular flexibility index (Phi) is 7.44. The van der Waals surface area contributed by atoms with E-state index in [-0.39, 0.29) is 12.5 Å². The highest BCUT2D eigenvalue weighted by molar-refractivity contribution is 5.95.